The van der Waals surface area contributed by atoms with Crippen LogP contribution < -0.4 is 10.6 Å². The van der Waals surface area contributed by atoms with Crippen LogP contribution in [0.5, 0.6) is 0 Å². The van der Waals surface area contributed by atoms with Crippen LogP contribution in [0.2, 0.25) is 0 Å². The van der Waals surface area contributed by atoms with E-state index in [0.29, 0.717) is 37.7 Å². The van der Waals surface area contributed by atoms with Crippen LogP contribution in [0.3, 0.4) is 0 Å². The van der Waals surface area contributed by atoms with Crippen LogP contribution in [0.1, 0.15) is 36.7 Å². The van der Waals surface area contributed by atoms with Crippen LogP contribution in [-0.2, 0) is 16.4 Å². The van der Waals surface area contributed by atoms with Crippen LogP contribution in [-0.4, -0.2) is 62.4 Å². The molecule has 0 aliphatic carbocycles. The van der Waals surface area contributed by atoms with Crippen molar-refractivity contribution in [2.75, 3.05) is 32.4 Å². The SMILES string of the molecule is CCNC(=NCc1cccc(C(=O)NC)c1)N1CCS(=O)(=O)C(C)(C)C1. The van der Waals surface area contributed by atoms with Gasteiger partial charge in [0, 0.05) is 32.2 Å². The van der Waals surface area contributed by atoms with Crippen molar-refractivity contribution < 1.29 is 13.2 Å². The van der Waals surface area contributed by atoms with Crippen molar-refractivity contribution in [3.63, 3.8) is 0 Å². The molecule has 8 heteroatoms. The molecular weight excluding hydrogens is 352 g/mol. The molecule has 1 aromatic carbocycles. The van der Waals surface area contributed by atoms with Crippen molar-refractivity contribution in [3.05, 3.63) is 35.4 Å². The van der Waals surface area contributed by atoms with E-state index in [1.54, 1.807) is 27.0 Å². The van der Waals surface area contributed by atoms with Crippen LogP contribution >= 0.6 is 0 Å². The van der Waals surface area contributed by atoms with Crippen molar-refractivity contribution in [1.29, 1.82) is 0 Å². The molecule has 2 N–H and O–H groups in total. The Bertz CT molecular complexity index is 787. The van der Waals surface area contributed by atoms with Gasteiger partial charge in [-0.2, -0.15) is 0 Å². The number of aliphatic imine (C=N–C) groups is 1. The number of rotatable bonds is 4. The highest BCUT2D eigenvalue weighted by molar-refractivity contribution is 7.92. The molecule has 1 amide bonds. The second kappa shape index (κ2) is 8.07. The van der Waals surface area contributed by atoms with Gasteiger partial charge in [0.1, 0.15) is 0 Å². The summed E-state index contributed by atoms with van der Waals surface area (Å²) in [4.78, 5) is 18.4. The van der Waals surface area contributed by atoms with Gasteiger partial charge >= 0.3 is 0 Å². The second-order valence-corrected chi connectivity index (χ2v) is 9.69. The van der Waals surface area contributed by atoms with E-state index in [2.05, 4.69) is 15.6 Å². The number of amides is 1. The lowest BCUT2D eigenvalue weighted by Gasteiger charge is -2.39. The zero-order valence-corrected chi connectivity index (χ0v) is 16.7. The molecule has 1 aliphatic rings. The number of nitrogens with zero attached hydrogens (tertiary/aromatic N) is 2. The van der Waals surface area contributed by atoms with Gasteiger partial charge in [-0.05, 0) is 38.5 Å². The molecule has 1 aliphatic heterocycles. The standard InChI is InChI=1S/C18H28N4O3S/c1-5-20-17(22-9-10-26(24,25)18(2,3)13-22)21-12-14-7-6-8-15(11-14)16(23)19-4/h6-8,11H,5,9-10,12-13H2,1-4H3,(H,19,23)(H,20,21). The Morgan fingerprint density at radius 3 is 2.69 bits per heavy atom. The van der Waals surface area contributed by atoms with E-state index in [4.69, 9.17) is 0 Å². The van der Waals surface area contributed by atoms with Gasteiger partial charge in [0.05, 0.1) is 17.0 Å². The first-order valence-electron chi connectivity index (χ1n) is 8.77. The summed E-state index contributed by atoms with van der Waals surface area (Å²) in [5.74, 6) is 0.683. The minimum Gasteiger partial charge on any atom is -0.357 e. The number of guanidine groups is 1. The van der Waals surface area contributed by atoms with Gasteiger partial charge in [0.15, 0.2) is 15.8 Å². The molecule has 1 heterocycles. The highest BCUT2D eigenvalue weighted by atomic mass is 32.2. The fourth-order valence-corrected chi connectivity index (χ4v) is 4.24. The minimum absolute atomic E-state index is 0.122. The second-order valence-electron chi connectivity index (χ2n) is 6.95. The highest BCUT2D eigenvalue weighted by Gasteiger charge is 2.40. The summed E-state index contributed by atoms with van der Waals surface area (Å²) in [6.45, 7) is 7.43. The summed E-state index contributed by atoms with van der Waals surface area (Å²) in [7, 11) is -1.50. The van der Waals surface area contributed by atoms with Crippen LogP contribution in [0.15, 0.2) is 29.3 Å². The number of nitrogens with one attached hydrogen (secondary N) is 2. The molecule has 0 aromatic heterocycles. The van der Waals surface area contributed by atoms with E-state index in [-0.39, 0.29) is 11.7 Å². The lowest BCUT2D eigenvalue weighted by atomic mass is 10.1. The van der Waals surface area contributed by atoms with Crippen LogP contribution in [0.4, 0.5) is 0 Å². The molecule has 1 saturated heterocycles. The predicted octanol–water partition coefficient (Wildman–Crippen LogP) is 1.02. The third-order valence-corrected chi connectivity index (χ3v) is 7.04. The Hall–Kier alpha value is -2.09. The molecule has 0 unspecified atom stereocenters. The quantitative estimate of drug-likeness (QED) is 0.601. The van der Waals surface area contributed by atoms with E-state index >= 15 is 0 Å². The molecule has 26 heavy (non-hydrogen) atoms. The van der Waals surface area contributed by atoms with Crippen molar-refractivity contribution in [3.8, 4) is 0 Å². The van der Waals surface area contributed by atoms with Crippen molar-refractivity contribution in [1.82, 2.24) is 15.5 Å². The molecule has 2 rings (SSSR count). The van der Waals surface area contributed by atoms with Gasteiger partial charge in [0.2, 0.25) is 0 Å². The molecule has 0 bridgehead atoms. The first-order valence-corrected chi connectivity index (χ1v) is 10.4. The van der Waals surface area contributed by atoms with Crippen LogP contribution in [0, 0.1) is 0 Å². The largest absolute Gasteiger partial charge is 0.357 e. The van der Waals surface area contributed by atoms with E-state index in [0.717, 1.165) is 5.56 Å². The van der Waals surface area contributed by atoms with Gasteiger partial charge in [-0.15, -0.1) is 0 Å². The normalized spacial score (nSPS) is 19.1. The monoisotopic (exact) mass is 380 g/mol. The first kappa shape index (κ1) is 20.2. The maximum Gasteiger partial charge on any atom is 0.251 e. The number of hydrogen-bond acceptors (Lipinski definition) is 4. The molecule has 0 atom stereocenters. The average molecular weight is 381 g/mol. The number of hydrogen-bond donors (Lipinski definition) is 2. The van der Waals surface area contributed by atoms with E-state index in [1.807, 2.05) is 30.0 Å². The molecule has 144 valence electrons. The zero-order chi connectivity index (χ0) is 19.4. The number of sulfone groups is 1. The molecule has 0 saturated carbocycles. The summed E-state index contributed by atoms with van der Waals surface area (Å²) >= 11 is 0. The average Bonchev–Trinajstić information content (AvgIpc) is 2.60. The zero-order valence-electron chi connectivity index (χ0n) is 15.9. The number of benzene rings is 1. The molecule has 0 spiro atoms. The molecule has 0 radical (unpaired) electrons. The molecule has 7 nitrogen and oxygen atoms in total. The van der Waals surface area contributed by atoms with Gasteiger partial charge in [-0.1, -0.05) is 12.1 Å². The number of carbonyl (C=O) groups is 1. The Kier molecular flexibility index (Phi) is 6.28. The maximum absolute atomic E-state index is 12.2. The van der Waals surface area contributed by atoms with Gasteiger partial charge in [-0.3, -0.25) is 4.79 Å². The topological polar surface area (TPSA) is 90.9 Å². The van der Waals surface area contributed by atoms with Gasteiger partial charge in [-0.25, -0.2) is 13.4 Å². The minimum atomic E-state index is -3.10. The predicted molar refractivity (Wildman–Crippen MR) is 104 cm³/mol. The first-order chi connectivity index (χ1) is 12.2. The molecule has 1 fully saturated rings. The lowest BCUT2D eigenvalue weighted by Crippen LogP contribution is -2.57. The summed E-state index contributed by atoms with van der Waals surface area (Å²) in [5, 5.41) is 5.85. The van der Waals surface area contributed by atoms with Crippen molar-refractivity contribution in [2.24, 2.45) is 4.99 Å². The summed E-state index contributed by atoms with van der Waals surface area (Å²) < 4.78 is 23.6. The van der Waals surface area contributed by atoms with Gasteiger partial charge < -0.3 is 15.5 Å². The fourth-order valence-electron chi connectivity index (χ4n) is 2.87. The molecular formula is C18H28N4O3S. The molecule has 1 aromatic rings. The van der Waals surface area contributed by atoms with E-state index in [9.17, 15) is 13.2 Å². The smallest absolute Gasteiger partial charge is 0.251 e. The van der Waals surface area contributed by atoms with Gasteiger partial charge in [0.25, 0.3) is 5.91 Å². The third-order valence-electron chi connectivity index (χ3n) is 4.51. The highest BCUT2D eigenvalue weighted by Crippen LogP contribution is 2.23. The Labute approximate surface area is 155 Å². The Balaban J connectivity index is 2.18. The fraction of sp³-hybridized carbons (Fsp3) is 0.556. The summed E-state index contributed by atoms with van der Waals surface area (Å²) in [6, 6.07) is 7.33. The Morgan fingerprint density at radius 2 is 2.08 bits per heavy atom. The van der Waals surface area contributed by atoms with E-state index < -0.39 is 14.6 Å². The van der Waals surface area contributed by atoms with Crippen molar-refractivity contribution in [2.45, 2.75) is 32.1 Å². The van der Waals surface area contributed by atoms with Crippen LogP contribution in [0.25, 0.3) is 0 Å². The maximum atomic E-state index is 12.2. The summed E-state index contributed by atoms with van der Waals surface area (Å²) in [5.41, 5.74) is 1.51. The van der Waals surface area contributed by atoms with Crippen molar-refractivity contribution >= 4 is 21.7 Å². The lowest BCUT2D eigenvalue weighted by molar-refractivity contribution is 0.0963. The van der Waals surface area contributed by atoms with E-state index in [1.165, 1.54) is 0 Å². The third kappa shape index (κ3) is 4.55. The Morgan fingerprint density at radius 1 is 1.35 bits per heavy atom. The number of carbonyl (C=O) groups excluding carboxylic acids is 1. The summed E-state index contributed by atoms with van der Waals surface area (Å²) in [6.07, 6.45) is 0.